The summed E-state index contributed by atoms with van der Waals surface area (Å²) in [4.78, 5) is 2.34. The Morgan fingerprint density at radius 1 is 0.471 bits per heavy atom. The molecule has 0 N–H and O–H groups in total. The van der Waals surface area contributed by atoms with E-state index in [0.717, 1.165) is 39.0 Å². The van der Waals surface area contributed by atoms with E-state index in [1.807, 2.05) is 0 Å². The van der Waals surface area contributed by atoms with Gasteiger partial charge in [-0.05, 0) is 104 Å². The lowest BCUT2D eigenvalue weighted by Crippen LogP contribution is -2.09. The van der Waals surface area contributed by atoms with Crippen LogP contribution in [0.15, 0.2) is 204 Å². The molecule has 0 fully saturated rings. The molecule has 240 valence electrons. The number of benzene rings is 7. The molecule has 8 aromatic rings. The number of para-hydroxylation sites is 1. The summed E-state index contributed by atoms with van der Waals surface area (Å²) in [6, 6.07) is 52.4. The Morgan fingerprint density at radius 2 is 1.20 bits per heavy atom. The lowest BCUT2D eigenvalue weighted by molar-refractivity contribution is 0.669. The predicted octanol–water partition coefficient (Wildman–Crippen LogP) is 13.7. The molecule has 0 spiro atoms. The zero-order valence-corrected chi connectivity index (χ0v) is 27.9. The van der Waals surface area contributed by atoms with Crippen molar-refractivity contribution in [1.82, 2.24) is 0 Å². The van der Waals surface area contributed by atoms with E-state index in [0.29, 0.717) is 5.92 Å². The van der Waals surface area contributed by atoms with E-state index < -0.39 is 0 Å². The lowest BCUT2D eigenvalue weighted by atomic mass is 9.88. The monoisotopic (exact) mass is 651 g/mol. The highest BCUT2D eigenvalue weighted by Gasteiger charge is 2.18. The third-order valence-electron chi connectivity index (χ3n) is 10.3. The lowest BCUT2D eigenvalue weighted by Gasteiger charge is -2.26. The van der Waals surface area contributed by atoms with E-state index in [1.54, 1.807) is 0 Å². The highest BCUT2D eigenvalue weighted by atomic mass is 16.3. The molecule has 2 heteroatoms. The minimum atomic E-state index is 0.349. The SMILES string of the molecule is C1=CC=C2C=C(c3ccc(-c4ccc5cc(N(c6ccccc6)c6ccc7oc8ccc9ccccc9c8c7c6)ccc5c4)cc3)C=CC2C=C1. The summed E-state index contributed by atoms with van der Waals surface area (Å²) in [6.07, 6.45) is 17.6. The molecular weight excluding hydrogens is 619 g/mol. The van der Waals surface area contributed by atoms with E-state index in [2.05, 4.69) is 199 Å². The molecule has 2 nitrogen and oxygen atoms in total. The Bertz CT molecular complexity index is 2790. The first-order valence-corrected chi connectivity index (χ1v) is 17.5. The first kappa shape index (κ1) is 29.3. The summed E-state index contributed by atoms with van der Waals surface area (Å²) >= 11 is 0. The Morgan fingerprint density at radius 3 is 2.12 bits per heavy atom. The average molecular weight is 652 g/mol. The molecule has 51 heavy (non-hydrogen) atoms. The molecule has 0 aliphatic heterocycles. The molecule has 0 amide bonds. The van der Waals surface area contributed by atoms with Crippen LogP contribution in [-0.4, -0.2) is 0 Å². The molecule has 1 atom stereocenters. The van der Waals surface area contributed by atoms with Crippen molar-refractivity contribution >= 4 is 66.1 Å². The van der Waals surface area contributed by atoms with Gasteiger partial charge in [0.25, 0.3) is 0 Å². The minimum Gasteiger partial charge on any atom is -0.456 e. The maximum atomic E-state index is 6.34. The number of hydrogen-bond donors (Lipinski definition) is 0. The Balaban J connectivity index is 1.01. The molecular formula is C49H33NO. The summed E-state index contributed by atoms with van der Waals surface area (Å²) in [5, 5.41) is 7.10. The van der Waals surface area contributed by atoms with Crippen molar-refractivity contribution in [2.45, 2.75) is 0 Å². The standard InChI is InChI=1S/C49H33NO/c1-3-9-33-19-20-38(29-37(33)11-4-1)34-15-17-35(18-16-34)39-21-22-41-31-43(25-23-40(41)30-39)50(42-12-5-2-6-13-42)44-26-28-47-46(32-44)49-45-14-8-7-10-36(45)24-27-48(49)51-47/h1-33H. The van der Waals surface area contributed by atoms with Gasteiger partial charge in [0.15, 0.2) is 0 Å². The van der Waals surface area contributed by atoms with Crippen molar-refractivity contribution in [1.29, 1.82) is 0 Å². The summed E-state index contributed by atoms with van der Waals surface area (Å²) in [7, 11) is 0. The minimum absolute atomic E-state index is 0.349. The number of fused-ring (bicyclic) bond motifs is 7. The van der Waals surface area contributed by atoms with Crippen molar-refractivity contribution in [3.05, 3.63) is 205 Å². The summed E-state index contributed by atoms with van der Waals surface area (Å²) < 4.78 is 6.34. The zero-order valence-electron chi connectivity index (χ0n) is 27.9. The fourth-order valence-corrected chi connectivity index (χ4v) is 7.68. The topological polar surface area (TPSA) is 16.4 Å². The van der Waals surface area contributed by atoms with E-state index >= 15 is 0 Å². The highest BCUT2D eigenvalue weighted by Crippen LogP contribution is 2.41. The fraction of sp³-hybridized carbons (Fsp3) is 0.0204. The van der Waals surface area contributed by atoms with Crippen molar-refractivity contribution in [2.75, 3.05) is 4.90 Å². The number of hydrogen-bond acceptors (Lipinski definition) is 2. The number of nitrogens with zero attached hydrogens (tertiary/aromatic N) is 1. The highest BCUT2D eigenvalue weighted by molar-refractivity contribution is 6.19. The number of anilines is 3. The van der Waals surface area contributed by atoms with Crippen LogP contribution >= 0.6 is 0 Å². The number of allylic oxidation sites excluding steroid dienone is 10. The van der Waals surface area contributed by atoms with Crippen LogP contribution in [0.3, 0.4) is 0 Å². The third kappa shape index (κ3) is 5.21. The van der Waals surface area contributed by atoms with Crippen LogP contribution in [0.4, 0.5) is 17.1 Å². The largest absolute Gasteiger partial charge is 0.456 e. The van der Waals surface area contributed by atoms with E-state index in [9.17, 15) is 0 Å². The molecule has 0 radical (unpaired) electrons. The van der Waals surface area contributed by atoms with Gasteiger partial charge in [0.2, 0.25) is 0 Å². The second kappa shape index (κ2) is 12.0. The molecule has 1 unspecified atom stereocenters. The quantitative estimate of drug-likeness (QED) is 0.184. The zero-order chi connectivity index (χ0) is 33.7. The fourth-order valence-electron chi connectivity index (χ4n) is 7.68. The number of furan rings is 1. The Labute approximate surface area is 296 Å². The van der Waals surface area contributed by atoms with Gasteiger partial charge in [-0.2, -0.15) is 0 Å². The van der Waals surface area contributed by atoms with Crippen LogP contribution in [0.5, 0.6) is 0 Å². The van der Waals surface area contributed by atoms with Crippen LogP contribution in [0, 0.1) is 5.92 Å². The summed E-state index contributed by atoms with van der Waals surface area (Å²) in [5.41, 5.74) is 11.3. The van der Waals surface area contributed by atoms with Gasteiger partial charge in [-0.1, -0.05) is 140 Å². The Kier molecular flexibility index (Phi) is 6.92. The maximum Gasteiger partial charge on any atom is 0.136 e. The predicted molar refractivity (Wildman–Crippen MR) is 216 cm³/mol. The third-order valence-corrected chi connectivity index (χ3v) is 10.3. The maximum absolute atomic E-state index is 6.34. The molecule has 2 aliphatic carbocycles. The van der Waals surface area contributed by atoms with Crippen LogP contribution in [0.1, 0.15) is 5.56 Å². The Hall–Kier alpha value is -6.64. The second-order valence-corrected chi connectivity index (χ2v) is 13.4. The van der Waals surface area contributed by atoms with Gasteiger partial charge in [0.05, 0.1) is 0 Å². The first-order chi connectivity index (χ1) is 25.2. The summed E-state index contributed by atoms with van der Waals surface area (Å²) in [5.74, 6) is 0.349. The van der Waals surface area contributed by atoms with Gasteiger partial charge in [-0.25, -0.2) is 0 Å². The van der Waals surface area contributed by atoms with Crippen molar-refractivity contribution in [2.24, 2.45) is 5.92 Å². The molecule has 7 aromatic carbocycles. The van der Waals surface area contributed by atoms with E-state index in [1.165, 1.54) is 49.4 Å². The average Bonchev–Trinajstić information content (AvgIpc) is 3.40. The van der Waals surface area contributed by atoms with E-state index in [-0.39, 0.29) is 0 Å². The second-order valence-electron chi connectivity index (χ2n) is 13.4. The van der Waals surface area contributed by atoms with Crippen LogP contribution in [-0.2, 0) is 0 Å². The molecule has 0 bridgehead atoms. The smallest absolute Gasteiger partial charge is 0.136 e. The first-order valence-electron chi connectivity index (χ1n) is 17.5. The summed E-state index contributed by atoms with van der Waals surface area (Å²) in [6.45, 7) is 0. The normalized spacial score (nSPS) is 15.3. The number of rotatable bonds is 5. The molecule has 1 aromatic heterocycles. The van der Waals surface area contributed by atoms with Gasteiger partial charge in [0, 0.05) is 33.8 Å². The van der Waals surface area contributed by atoms with Crippen LogP contribution in [0.2, 0.25) is 0 Å². The van der Waals surface area contributed by atoms with Gasteiger partial charge in [-0.3, -0.25) is 0 Å². The van der Waals surface area contributed by atoms with Gasteiger partial charge >= 0.3 is 0 Å². The van der Waals surface area contributed by atoms with Crippen molar-refractivity contribution < 1.29 is 4.42 Å². The molecule has 1 heterocycles. The van der Waals surface area contributed by atoms with Crippen molar-refractivity contribution in [3.8, 4) is 11.1 Å². The van der Waals surface area contributed by atoms with Gasteiger partial charge < -0.3 is 9.32 Å². The van der Waals surface area contributed by atoms with Crippen LogP contribution in [0.25, 0.3) is 60.2 Å². The molecule has 10 rings (SSSR count). The van der Waals surface area contributed by atoms with Gasteiger partial charge in [-0.15, -0.1) is 0 Å². The molecule has 0 saturated heterocycles. The van der Waals surface area contributed by atoms with Crippen molar-refractivity contribution in [3.63, 3.8) is 0 Å². The molecule has 2 aliphatic rings. The van der Waals surface area contributed by atoms with Crippen LogP contribution < -0.4 is 4.90 Å². The van der Waals surface area contributed by atoms with E-state index in [4.69, 9.17) is 4.42 Å². The van der Waals surface area contributed by atoms with Gasteiger partial charge in [0.1, 0.15) is 11.2 Å². The molecule has 0 saturated carbocycles.